The maximum atomic E-state index is 12.6. The molecule has 1 fully saturated rings. The van der Waals surface area contributed by atoms with Crippen LogP contribution in [0.1, 0.15) is 113 Å². The predicted molar refractivity (Wildman–Crippen MR) is 135 cm³/mol. The highest BCUT2D eigenvalue weighted by molar-refractivity contribution is 5.90. The van der Waals surface area contributed by atoms with Crippen molar-refractivity contribution in [3.8, 4) is 11.4 Å². The highest BCUT2D eigenvalue weighted by Gasteiger charge is 2.24. The van der Waals surface area contributed by atoms with Crippen LogP contribution in [0.4, 0.5) is 0 Å². The monoisotopic (exact) mass is 450 g/mol. The summed E-state index contributed by atoms with van der Waals surface area (Å²) in [6.45, 7) is 4.47. The topological polar surface area (TPSA) is 52.1 Å². The van der Waals surface area contributed by atoms with Gasteiger partial charge in [0.15, 0.2) is 5.82 Å². The maximum Gasteiger partial charge on any atom is 0.338 e. The quantitative estimate of drug-likeness (QED) is 0.229. The molecule has 1 aromatic carbocycles. The molecule has 0 amide bonds. The Morgan fingerprint density at radius 2 is 1.48 bits per heavy atom. The van der Waals surface area contributed by atoms with E-state index in [0.29, 0.717) is 11.4 Å². The average molecular weight is 451 g/mol. The average Bonchev–Trinajstić information content (AvgIpc) is 2.85. The van der Waals surface area contributed by atoms with E-state index in [2.05, 4.69) is 23.8 Å². The Hall–Kier alpha value is -2.23. The fourth-order valence-corrected chi connectivity index (χ4v) is 4.76. The van der Waals surface area contributed by atoms with Crippen molar-refractivity contribution in [2.75, 3.05) is 0 Å². The first-order valence-corrected chi connectivity index (χ1v) is 13.3. The third-order valence-electron chi connectivity index (χ3n) is 6.94. The molecule has 0 radical (unpaired) electrons. The Morgan fingerprint density at radius 1 is 0.848 bits per heavy atom. The fraction of sp³-hybridized carbons (Fsp3) is 0.621. The van der Waals surface area contributed by atoms with Crippen LogP contribution in [0.15, 0.2) is 36.7 Å². The Kier molecular flexibility index (Phi) is 10.9. The normalized spacial score (nSPS) is 18.2. The Bertz CT molecular complexity index is 809. The van der Waals surface area contributed by atoms with Crippen LogP contribution in [0.3, 0.4) is 0 Å². The van der Waals surface area contributed by atoms with Crippen molar-refractivity contribution < 1.29 is 9.53 Å². The van der Waals surface area contributed by atoms with E-state index in [1.807, 2.05) is 36.7 Å². The first-order valence-electron chi connectivity index (χ1n) is 13.3. The molecule has 0 aliphatic heterocycles. The number of aromatic nitrogens is 2. The lowest BCUT2D eigenvalue weighted by molar-refractivity contribution is 0.0161. The van der Waals surface area contributed by atoms with E-state index in [0.717, 1.165) is 30.7 Å². The van der Waals surface area contributed by atoms with Crippen LogP contribution in [0, 0.1) is 5.92 Å². The number of benzene rings is 1. The summed E-state index contributed by atoms with van der Waals surface area (Å²) in [5, 5.41) is 0. The van der Waals surface area contributed by atoms with E-state index in [1.165, 1.54) is 76.2 Å². The Labute approximate surface area is 200 Å². The molecule has 33 heavy (non-hydrogen) atoms. The van der Waals surface area contributed by atoms with Gasteiger partial charge in [0.2, 0.25) is 0 Å². The van der Waals surface area contributed by atoms with Gasteiger partial charge in [-0.2, -0.15) is 0 Å². The highest BCUT2D eigenvalue weighted by atomic mass is 16.5. The first-order chi connectivity index (χ1) is 16.2. The van der Waals surface area contributed by atoms with Crippen molar-refractivity contribution in [3.63, 3.8) is 0 Å². The minimum Gasteiger partial charge on any atom is -0.459 e. The molecule has 0 N–H and O–H groups in total. The van der Waals surface area contributed by atoms with Gasteiger partial charge in [-0.25, -0.2) is 14.8 Å². The molecule has 1 heterocycles. The lowest BCUT2D eigenvalue weighted by Gasteiger charge is -2.28. The maximum absolute atomic E-state index is 12.6. The summed E-state index contributed by atoms with van der Waals surface area (Å²) in [4.78, 5) is 21.7. The molecule has 4 nitrogen and oxygen atoms in total. The third-order valence-corrected chi connectivity index (χ3v) is 6.94. The molecule has 0 unspecified atom stereocenters. The van der Waals surface area contributed by atoms with Crippen LogP contribution in [-0.2, 0) is 11.2 Å². The number of aryl methyl sites for hydroxylation is 1. The molecule has 3 rings (SSSR count). The van der Waals surface area contributed by atoms with Crippen molar-refractivity contribution in [2.24, 2.45) is 5.92 Å². The van der Waals surface area contributed by atoms with E-state index in [-0.39, 0.29) is 12.1 Å². The number of carbonyl (C=O) groups is 1. The standard InChI is InChI=1S/C29H42N2O2/c1-3-5-7-8-10-11-23-13-19-27(20-14-23)33-29(32)26-17-15-25(16-18-26)28-30-21-24(22-31-28)12-9-6-4-2/h15-18,21-23,27H,3-14,19-20H2,1-2H3/t23-,27-. The molecule has 0 saturated heterocycles. The zero-order chi connectivity index (χ0) is 23.3. The van der Waals surface area contributed by atoms with Gasteiger partial charge in [0.05, 0.1) is 5.56 Å². The summed E-state index contributed by atoms with van der Waals surface area (Å²) < 4.78 is 5.82. The molecule has 0 atom stereocenters. The summed E-state index contributed by atoms with van der Waals surface area (Å²) in [6.07, 6.45) is 21.1. The number of rotatable bonds is 13. The van der Waals surface area contributed by atoms with Crippen LogP contribution in [0.2, 0.25) is 0 Å². The van der Waals surface area contributed by atoms with Crippen LogP contribution >= 0.6 is 0 Å². The number of nitrogens with zero attached hydrogens (tertiary/aromatic N) is 2. The zero-order valence-electron chi connectivity index (χ0n) is 20.7. The number of esters is 1. The molecular formula is C29H42N2O2. The molecule has 0 bridgehead atoms. The van der Waals surface area contributed by atoms with E-state index in [9.17, 15) is 4.79 Å². The lowest BCUT2D eigenvalue weighted by Crippen LogP contribution is -2.24. The Morgan fingerprint density at radius 3 is 2.15 bits per heavy atom. The molecule has 2 aromatic rings. The van der Waals surface area contributed by atoms with Crippen molar-refractivity contribution in [2.45, 2.75) is 110 Å². The molecule has 1 aromatic heterocycles. The first kappa shape index (κ1) is 25.4. The number of ether oxygens (including phenoxy) is 1. The van der Waals surface area contributed by atoms with Crippen molar-refractivity contribution in [3.05, 3.63) is 47.8 Å². The Balaban J connectivity index is 1.41. The number of hydrogen-bond donors (Lipinski definition) is 0. The second-order valence-corrected chi connectivity index (χ2v) is 9.70. The fourth-order valence-electron chi connectivity index (χ4n) is 4.76. The van der Waals surface area contributed by atoms with Gasteiger partial charge in [-0.15, -0.1) is 0 Å². The van der Waals surface area contributed by atoms with E-state index in [4.69, 9.17) is 4.74 Å². The van der Waals surface area contributed by atoms with Crippen molar-refractivity contribution in [1.82, 2.24) is 9.97 Å². The number of hydrogen-bond acceptors (Lipinski definition) is 4. The predicted octanol–water partition coefficient (Wildman–Crippen LogP) is 7.95. The molecule has 0 spiro atoms. The SMILES string of the molecule is CCCCCCC[C@H]1CC[C@H](OC(=O)c2ccc(-c3ncc(CCCCC)cn3)cc2)CC1. The second kappa shape index (κ2) is 14.1. The summed E-state index contributed by atoms with van der Waals surface area (Å²) in [5.74, 6) is 1.30. The van der Waals surface area contributed by atoms with E-state index < -0.39 is 0 Å². The molecule has 4 heteroatoms. The minimum atomic E-state index is -0.211. The van der Waals surface area contributed by atoms with E-state index in [1.54, 1.807) is 0 Å². The molecule has 1 saturated carbocycles. The van der Waals surface area contributed by atoms with Crippen LogP contribution in [0.25, 0.3) is 11.4 Å². The molecule has 180 valence electrons. The third kappa shape index (κ3) is 8.57. The van der Waals surface area contributed by atoms with Gasteiger partial charge in [-0.1, -0.05) is 77.3 Å². The number of unbranched alkanes of at least 4 members (excludes halogenated alkanes) is 6. The summed E-state index contributed by atoms with van der Waals surface area (Å²) >= 11 is 0. The summed E-state index contributed by atoms with van der Waals surface area (Å²) in [7, 11) is 0. The van der Waals surface area contributed by atoms with Crippen molar-refractivity contribution >= 4 is 5.97 Å². The number of carbonyl (C=O) groups excluding carboxylic acids is 1. The highest BCUT2D eigenvalue weighted by Crippen LogP contribution is 2.30. The molecule has 1 aliphatic rings. The van der Waals surface area contributed by atoms with Crippen LogP contribution in [0.5, 0.6) is 0 Å². The van der Waals surface area contributed by atoms with Crippen LogP contribution < -0.4 is 0 Å². The van der Waals surface area contributed by atoms with E-state index >= 15 is 0 Å². The molecular weight excluding hydrogens is 408 g/mol. The van der Waals surface area contributed by atoms with Gasteiger partial charge >= 0.3 is 5.97 Å². The van der Waals surface area contributed by atoms with Gasteiger partial charge < -0.3 is 4.74 Å². The summed E-state index contributed by atoms with van der Waals surface area (Å²) in [6, 6.07) is 7.49. The van der Waals surface area contributed by atoms with Gasteiger partial charge in [-0.05, 0) is 62.1 Å². The van der Waals surface area contributed by atoms with Gasteiger partial charge in [0.1, 0.15) is 6.10 Å². The van der Waals surface area contributed by atoms with Crippen LogP contribution in [-0.4, -0.2) is 22.0 Å². The second-order valence-electron chi connectivity index (χ2n) is 9.70. The van der Waals surface area contributed by atoms with Crippen molar-refractivity contribution in [1.29, 1.82) is 0 Å². The minimum absolute atomic E-state index is 0.0668. The molecule has 1 aliphatic carbocycles. The van der Waals surface area contributed by atoms with Gasteiger partial charge in [0.25, 0.3) is 0 Å². The lowest BCUT2D eigenvalue weighted by atomic mass is 9.84. The smallest absolute Gasteiger partial charge is 0.338 e. The largest absolute Gasteiger partial charge is 0.459 e. The van der Waals surface area contributed by atoms with Gasteiger partial charge in [-0.3, -0.25) is 0 Å². The summed E-state index contributed by atoms with van der Waals surface area (Å²) in [5.41, 5.74) is 2.71. The zero-order valence-corrected chi connectivity index (χ0v) is 20.7. The van der Waals surface area contributed by atoms with Gasteiger partial charge in [0, 0.05) is 18.0 Å².